The van der Waals surface area contributed by atoms with Crippen LogP contribution in [0.2, 0.25) is 0 Å². The van der Waals surface area contributed by atoms with Crippen molar-refractivity contribution in [1.29, 1.82) is 0 Å². The molecule has 0 aliphatic heterocycles. The fourth-order valence-electron chi connectivity index (χ4n) is 1.09. The van der Waals surface area contributed by atoms with E-state index in [9.17, 15) is 5.11 Å². The molecule has 0 spiro atoms. The number of hydroxylamine groups is 2. The van der Waals surface area contributed by atoms with Crippen molar-refractivity contribution < 1.29 is 9.94 Å². The van der Waals surface area contributed by atoms with E-state index in [1.54, 1.807) is 14.2 Å². The molecule has 0 bridgehead atoms. The molecule has 1 atom stereocenters. The Morgan fingerprint density at radius 2 is 2.27 bits per heavy atom. The van der Waals surface area contributed by atoms with Crippen LogP contribution in [0, 0.1) is 5.92 Å². The summed E-state index contributed by atoms with van der Waals surface area (Å²) in [6.07, 6.45) is 4.23. The van der Waals surface area contributed by atoms with E-state index < -0.39 is 6.23 Å². The van der Waals surface area contributed by atoms with Crippen LogP contribution < -0.4 is 0 Å². The SMILES string of the molecule is CON(C)C(O)CCC1CC1. The highest BCUT2D eigenvalue weighted by Crippen LogP contribution is 2.33. The standard InChI is InChI=1S/C8H17NO2/c1-9(11-2)8(10)6-5-7-3-4-7/h7-8,10H,3-6H2,1-2H3. The molecule has 0 heterocycles. The van der Waals surface area contributed by atoms with E-state index >= 15 is 0 Å². The van der Waals surface area contributed by atoms with Crippen LogP contribution in [0.1, 0.15) is 25.7 Å². The lowest BCUT2D eigenvalue weighted by Gasteiger charge is -2.20. The second-order valence-electron chi connectivity index (χ2n) is 3.23. The Morgan fingerprint density at radius 3 is 2.73 bits per heavy atom. The molecular weight excluding hydrogens is 142 g/mol. The van der Waals surface area contributed by atoms with Gasteiger partial charge >= 0.3 is 0 Å². The largest absolute Gasteiger partial charge is 0.376 e. The van der Waals surface area contributed by atoms with Gasteiger partial charge in [-0.3, -0.25) is 0 Å². The summed E-state index contributed by atoms with van der Waals surface area (Å²) in [7, 11) is 3.32. The van der Waals surface area contributed by atoms with Crippen LogP contribution in [0.5, 0.6) is 0 Å². The molecule has 1 aliphatic rings. The smallest absolute Gasteiger partial charge is 0.129 e. The molecule has 0 radical (unpaired) electrons. The predicted molar refractivity (Wildman–Crippen MR) is 42.7 cm³/mol. The van der Waals surface area contributed by atoms with Crippen molar-refractivity contribution >= 4 is 0 Å². The Bertz CT molecular complexity index is 115. The first-order valence-corrected chi connectivity index (χ1v) is 4.19. The van der Waals surface area contributed by atoms with Crippen LogP contribution in [-0.4, -0.2) is 30.6 Å². The van der Waals surface area contributed by atoms with Crippen molar-refractivity contribution in [3.8, 4) is 0 Å². The molecule has 1 saturated carbocycles. The maximum Gasteiger partial charge on any atom is 0.129 e. The quantitative estimate of drug-likeness (QED) is 0.479. The highest BCUT2D eigenvalue weighted by Gasteiger charge is 2.22. The minimum atomic E-state index is -0.430. The molecule has 0 aromatic rings. The zero-order valence-electron chi connectivity index (χ0n) is 7.29. The van der Waals surface area contributed by atoms with E-state index in [1.807, 2.05) is 0 Å². The zero-order chi connectivity index (χ0) is 8.27. The molecule has 3 heteroatoms. The summed E-state index contributed by atoms with van der Waals surface area (Å²) in [6, 6.07) is 0. The summed E-state index contributed by atoms with van der Waals surface area (Å²) in [5.41, 5.74) is 0. The molecular formula is C8H17NO2. The summed E-state index contributed by atoms with van der Waals surface area (Å²) >= 11 is 0. The number of hydrogen-bond acceptors (Lipinski definition) is 3. The molecule has 3 nitrogen and oxygen atoms in total. The Labute approximate surface area is 67.9 Å². The van der Waals surface area contributed by atoms with E-state index in [2.05, 4.69) is 0 Å². The summed E-state index contributed by atoms with van der Waals surface area (Å²) in [4.78, 5) is 4.85. The van der Waals surface area contributed by atoms with Crippen molar-refractivity contribution in [2.75, 3.05) is 14.2 Å². The maximum absolute atomic E-state index is 9.40. The summed E-state index contributed by atoms with van der Waals surface area (Å²) < 4.78 is 0. The van der Waals surface area contributed by atoms with Crippen LogP contribution in [0.15, 0.2) is 0 Å². The Morgan fingerprint density at radius 1 is 1.64 bits per heavy atom. The van der Waals surface area contributed by atoms with Crippen molar-refractivity contribution in [3.63, 3.8) is 0 Å². The van der Waals surface area contributed by atoms with Crippen molar-refractivity contribution in [1.82, 2.24) is 5.06 Å². The number of aliphatic hydroxyl groups excluding tert-OH is 1. The maximum atomic E-state index is 9.40. The number of aliphatic hydroxyl groups is 1. The predicted octanol–water partition coefficient (Wildman–Crippen LogP) is 0.988. The Balaban J connectivity index is 2.03. The molecule has 0 saturated heterocycles. The molecule has 1 aliphatic carbocycles. The van der Waals surface area contributed by atoms with Crippen LogP contribution in [0.4, 0.5) is 0 Å². The van der Waals surface area contributed by atoms with Gasteiger partial charge in [0.05, 0.1) is 7.11 Å². The average molecular weight is 159 g/mol. The molecule has 11 heavy (non-hydrogen) atoms. The third kappa shape index (κ3) is 3.18. The second kappa shape index (κ2) is 4.04. The van der Waals surface area contributed by atoms with Gasteiger partial charge in [0.15, 0.2) is 0 Å². The van der Waals surface area contributed by atoms with Gasteiger partial charge in [-0.25, -0.2) is 0 Å². The highest BCUT2D eigenvalue weighted by molar-refractivity contribution is 4.73. The monoisotopic (exact) mass is 159 g/mol. The van der Waals surface area contributed by atoms with Crippen LogP contribution in [0.25, 0.3) is 0 Å². The summed E-state index contributed by atoms with van der Waals surface area (Å²) in [5.74, 6) is 0.884. The Hall–Kier alpha value is -0.120. The minimum absolute atomic E-state index is 0.430. The van der Waals surface area contributed by atoms with Crippen molar-refractivity contribution in [2.45, 2.75) is 31.9 Å². The lowest BCUT2D eigenvalue weighted by Crippen LogP contribution is -2.30. The van der Waals surface area contributed by atoms with Crippen molar-refractivity contribution in [3.05, 3.63) is 0 Å². The normalized spacial score (nSPS) is 20.7. The van der Waals surface area contributed by atoms with Gasteiger partial charge in [0, 0.05) is 7.05 Å². The summed E-state index contributed by atoms with van der Waals surface area (Å²) in [6.45, 7) is 0. The molecule has 1 N–H and O–H groups in total. The topological polar surface area (TPSA) is 32.7 Å². The molecule has 1 rings (SSSR count). The third-order valence-corrected chi connectivity index (χ3v) is 2.24. The van der Waals surface area contributed by atoms with Gasteiger partial charge in [-0.2, -0.15) is 5.06 Å². The number of nitrogens with zero attached hydrogens (tertiary/aromatic N) is 1. The van der Waals surface area contributed by atoms with Gasteiger partial charge in [0.1, 0.15) is 6.23 Å². The van der Waals surface area contributed by atoms with Gasteiger partial charge in [-0.1, -0.05) is 12.8 Å². The first-order valence-electron chi connectivity index (χ1n) is 4.19. The van der Waals surface area contributed by atoms with E-state index in [1.165, 1.54) is 17.9 Å². The van der Waals surface area contributed by atoms with E-state index in [0.29, 0.717) is 0 Å². The van der Waals surface area contributed by atoms with Gasteiger partial charge in [0.25, 0.3) is 0 Å². The lowest BCUT2D eigenvalue weighted by molar-refractivity contribution is -0.205. The van der Waals surface area contributed by atoms with Crippen LogP contribution in [0.3, 0.4) is 0 Å². The zero-order valence-corrected chi connectivity index (χ0v) is 7.29. The molecule has 66 valence electrons. The fourth-order valence-corrected chi connectivity index (χ4v) is 1.09. The molecule has 1 unspecified atom stereocenters. The van der Waals surface area contributed by atoms with Gasteiger partial charge in [0.2, 0.25) is 0 Å². The summed E-state index contributed by atoms with van der Waals surface area (Å²) in [5, 5.41) is 10.9. The first kappa shape index (κ1) is 8.97. The van der Waals surface area contributed by atoms with Gasteiger partial charge < -0.3 is 9.94 Å². The molecule has 0 aromatic heterocycles. The average Bonchev–Trinajstić information content (AvgIpc) is 2.81. The molecule has 0 amide bonds. The third-order valence-electron chi connectivity index (χ3n) is 2.24. The Kier molecular flexibility index (Phi) is 3.30. The molecule has 0 aromatic carbocycles. The lowest BCUT2D eigenvalue weighted by atomic mass is 10.2. The van der Waals surface area contributed by atoms with E-state index in [0.717, 1.165) is 18.8 Å². The second-order valence-corrected chi connectivity index (χ2v) is 3.23. The van der Waals surface area contributed by atoms with Crippen molar-refractivity contribution in [2.24, 2.45) is 5.92 Å². The number of rotatable bonds is 5. The minimum Gasteiger partial charge on any atom is -0.376 e. The fraction of sp³-hybridized carbons (Fsp3) is 1.00. The van der Waals surface area contributed by atoms with Gasteiger partial charge in [-0.15, -0.1) is 0 Å². The van der Waals surface area contributed by atoms with Gasteiger partial charge in [-0.05, 0) is 18.8 Å². The van der Waals surface area contributed by atoms with E-state index in [-0.39, 0.29) is 0 Å². The number of hydrogen-bond donors (Lipinski definition) is 1. The van der Waals surface area contributed by atoms with Crippen LogP contribution >= 0.6 is 0 Å². The first-order chi connectivity index (χ1) is 5.24. The van der Waals surface area contributed by atoms with E-state index in [4.69, 9.17) is 4.84 Å². The van der Waals surface area contributed by atoms with Crippen LogP contribution in [-0.2, 0) is 4.84 Å². The molecule has 1 fully saturated rings. The highest BCUT2D eigenvalue weighted by atomic mass is 16.7.